The van der Waals surface area contributed by atoms with Crippen molar-refractivity contribution >= 4 is 0 Å². The first-order chi connectivity index (χ1) is 6.74. The van der Waals surface area contributed by atoms with E-state index in [1.165, 1.54) is 32.2 Å². The van der Waals surface area contributed by atoms with Crippen LogP contribution in [0.5, 0.6) is 0 Å². The van der Waals surface area contributed by atoms with Gasteiger partial charge < -0.3 is 10.0 Å². The van der Waals surface area contributed by atoms with Gasteiger partial charge in [-0.1, -0.05) is 19.8 Å². The monoisotopic (exact) mass is 197 g/mol. The molecule has 1 N–H and O–H groups in total. The van der Waals surface area contributed by atoms with Crippen LogP contribution in [-0.2, 0) is 0 Å². The largest absolute Gasteiger partial charge is 0.390 e. The molecule has 2 aliphatic rings. The number of hydrogen-bond donors (Lipinski definition) is 1. The van der Waals surface area contributed by atoms with Crippen LogP contribution in [0.3, 0.4) is 0 Å². The van der Waals surface area contributed by atoms with Gasteiger partial charge in [-0.2, -0.15) is 0 Å². The standard InChI is InChI=1S/C12H23NO/c1-2-13-9-5-6-11(10-13)12(14)7-3-4-8-12/h11,14H,2-10H2,1H3. The van der Waals surface area contributed by atoms with E-state index in [1.54, 1.807) is 0 Å². The first kappa shape index (κ1) is 10.4. The molecule has 0 amide bonds. The maximum atomic E-state index is 10.5. The van der Waals surface area contributed by atoms with Gasteiger partial charge in [0, 0.05) is 12.5 Å². The van der Waals surface area contributed by atoms with Crippen molar-refractivity contribution in [3.05, 3.63) is 0 Å². The molecular formula is C12H23NO. The third kappa shape index (κ3) is 1.96. The van der Waals surface area contributed by atoms with Crippen LogP contribution in [-0.4, -0.2) is 35.2 Å². The van der Waals surface area contributed by atoms with Crippen molar-refractivity contribution in [2.24, 2.45) is 5.92 Å². The lowest BCUT2D eigenvalue weighted by Crippen LogP contribution is -2.46. The first-order valence-corrected chi connectivity index (χ1v) is 6.19. The minimum absolute atomic E-state index is 0.298. The van der Waals surface area contributed by atoms with E-state index < -0.39 is 0 Å². The predicted molar refractivity (Wildman–Crippen MR) is 58.3 cm³/mol. The summed E-state index contributed by atoms with van der Waals surface area (Å²) in [6.45, 7) is 5.74. The lowest BCUT2D eigenvalue weighted by atomic mass is 9.80. The molecule has 0 radical (unpaired) electrons. The van der Waals surface area contributed by atoms with Gasteiger partial charge in [-0.15, -0.1) is 0 Å². The minimum Gasteiger partial charge on any atom is -0.390 e. The summed E-state index contributed by atoms with van der Waals surface area (Å²) in [5.41, 5.74) is -0.298. The maximum Gasteiger partial charge on any atom is 0.0688 e. The third-order valence-electron chi connectivity index (χ3n) is 4.18. The molecule has 0 bridgehead atoms. The molecule has 1 atom stereocenters. The first-order valence-electron chi connectivity index (χ1n) is 6.19. The van der Waals surface area contributed by atoms with E-state index in [9.17, 15) is 5.11 Å². The SMILES string of the molecule is CCN1CCCC(C2(O)CCCC2)C1. The molecule has 1 unspecified atom stereocenters. The normalized spacial score (nSPS) is 33.4. The smallest absolute Gasteiger partial charge is 0.0688 e. The Bertz CT molecular complexity index is 187. The number of likely N-dealkylation sites (tertiary alicyclic amines) is 1. The lowest BCUT2D eigenvalue weighted by Gasteiger charge is -2.40. The van der Waals surface area contributed by atoms with E-state index in [2.05, 4.69) is 11.8 Å². The van der Waals surface area contributed by atoms with Gasteiger partial charge in [-0.05, 0) is 38.8 Å². The highest BCUT2D eigenvalue weighted by molar-refractivity contribution is 4.93. The molecule has 2 nitrogen and oxygen atoms in total. The second kappa shape index (κ2) is 4.19. The topological polar surface area (TPSA) is 23.5 Å². The van der Waals surface area contributed by atoms with Gasteiger partial charge in [-0.3, -0.25) is 0 Å². The molecule has 0 aromatic carbocycles. The molecule has 2 rings (SSSR count). The molecular weight excluding hydrogens is 174 g/mol. The van der Waals surface area contributed by atoms with Gasteiger partial charge in [0.2, 0.25) is 0 Å². The Labute approximate surface area is 87.3 Å². The van der Waals surface area contributed by atoms with E-state index in [0.717, 1.165) is 25.9 Å². The summed E-state index contributed by atoms with van der Waals surface area (Å²) in [6.07, 6.45) is 7.09. The summed E-state index contributed by atoms with van der Waals surface area (Å²) in [5.74, 6) is 0.554. The van der Waals surface area contributed by atoms with E-state index in [-0.39, 0.29) is 5.60 Å². The van der Waals surface area contributed by atoms with Crippen molar-refractivity contribution in [1.29, 1.82) is 0 Å². The number of hydrogen-bond acceptors (Lipinski definition) is 2. The van der Waals surface area contributed by atoms with Crippen LogP contribution in [0.1, 0.15) is 45.4 Å². The number of piperidine rings is 1. The fraction of sp³-hybridized carbons (Fsp3) is 1.00. The maximum absolute atomic E-state index is 10.5. The molecule has 0 spiro atoms. The number of rotatable bonds is 2. The average Bonchev–Trinajstić information content (AvgIpc) is 2.67. The highest BCUT2D eigenvalue weighted by Gasteiger charge is 2.40. The fourth-order valence-corrected chi connectivity index (χ4v) is 3.18. The summed E-state index contributed by atoms with van der Waals surface area (Å²) in [5, 5.41) is 10.5. The van der Waals surface area contributed by atoms with Crippen LogP contribution in [0, 0.1) is 5.92 Å². The Hall–Kier alpha value is -0.0800. The van der Waals surface area contributed by atoms with E-state index >= 15 is 0 Å². The molecule has 1 saturated heterocycles. The van der Waals surface area contributed by atoms with Gasteiger partial charge in [0.25, 0.3) is 0 Å². The highest BCUT2D eigenvalue weighted by atomic mass is 16.3. The van der Waals surface area contributed by atoms with Crippen molar-refractivity contribution in [2.45, 2.75) is 51.0 Å². The summed E-state index contributed by atoms with van der Waals surface area (Å²) in [7, 11) is 0. The zero-order valence-electron chi connectivity index (χ0n) is 9.34. The molecule has 1 heterocycles. The number of nitrogens with zero attached hydrogens (tertiary/aromatic N) is 1. The van der Waals surface area contributed by atoms with Gasteiger partial charge in [0.15, 0.2) is 0 Å². The van der Waals surface area contributed by atoms with Crippen molar-refractivity contribution < 1.29 is 5.11 Å². The molecule has 2 heteroatoms. The minimum atomic E-state index is -0.298. The predicted octanol–water partition coefficient (Wildman–Crippen LogP) is 2.02. The van der Waals surface area contributed by atoms with E-state index in [1.807, 2.05) is 0 Å². The Morgan fingerprint density at radius 3 is 2.64 bits per heavy atom. The molecule has 0 aromatic heterocycles. The van der Waals surface area contributed by atoms with E-state index in [0.29, 0.717) is 5.92 Å². The van der Waals surface area contributed by atoms with Crippen molar-refractivity contribution in [3.8, 4) is 0 Å². The Morgan fingerprint density at radius 1 is 1.29 bits per heavy atom. The second-order valence-electron chi connectivity index (χ2n) is 5.04. The van der Waals surface area contributed by atoms with Crippen molar-refractivity contribution in [3.63, 3.8) is 0 Å². The Kier molecular flexibility index (Phi) is 3.13. The summed E-state index contributed by atoms with van der Waals surface area (Å²) >= 11 is 0. The molecule has 82 valence electrons. The summed E-state index contributed by atoms with van der Waals surface area (Å²) in [4.78, 5) is 2.49. The molecule has 1 saturated carbocycles. The van der Waals surface area contributed by atoms with Crippen molar-refractivity contribution in [1.82, 2.24) is 4.90 Å². The van der Waals surface area contributed by atoms with Gasteiger partial charge >= 0.3 is 0 Å². The quantitative estimate of drug-likeness (QED) is 0.732. The van der Waals surface area contributed by atoms with Gasteiger partial charge in [0.05, 0.1) is 5.60 Å². The fourth-order valence-electron chi connectivity index (χ4n) is 3.18. The van der Waals surface area contributed by atoms with Crippen LogP contribution >= 0.6 is 0 Å². The Morgan fingerprint density at radius 2 is 2.00 bits per heavy atom. The van der Waals surface area contributed by atoms with E-state index in [4.69, 9.17) is 0 Å². The van der Waals surface area contributed by atoms with Gasteiger partial charge in [-0.25, -0.2) is 0 Å². The zero-order valence-corrected chi connectivity index (χ0v) is 9.34. The average molecular weight is 197 g/mol. The lowest BCUT2D eigenvalue weighted by molar-refractivity contribution is -0.0413. The molecule has 1 aliphatic carbocycles. The van der Waals surface area contributed by atoms with Crippen LogP contribution < -0.4 is 0 Å². The van der Waals surface area contributed by atoms with Crippen molar-refractivity contribution in [2.75, 3.05) is 19.6 Å². The highest BCUT2D eigenvalue weighted by Crippen LogP contribution is 2.39. The number of aliphatic hydroxyl groups is 1. The third-order valence-corrected chi connectivity index (χ3v) is 4.18. The molecule has 14 heavy (non-hydrogen) atoms. The molecule has 0 aromatic rings. The van der Waals surface area contributed by atoms with Crippen LogP contribution in [0.2, 0.25) is 0 Å². The molecule has 2 fully saturated rings. The summed E-state index contributed by atoms with van der Waals surface area (Å²) < 4.78 is 0. The zero-order chi connectivity index (χ0) is 10.0. The van der Waals surface area contributed by atoms with Crippen LogP contribution in [0.25, 0.3) is 0 Å². The van der Waals surface area contributed by atoms with Gasteiger partial charge in [0.1, 0.15) is 0 Å². The van der Waals surface area contributed by atoms with Crippen LogP contribution in [0.15, 0.2) is 0 Å². The summed E-state index contributed by atoms with van der Waals surface area (Å²) in [6, 6.07) is 0. The Balaban J connectivity index is 1.96. The second-order valence-corrected chi connectivity index (χ2v) is 5.04. The van der Waals surface area contributed by atoms with Crippen LogP contribution in [0.4, 0.5) is 0 Å². The molecule has 1 aliphatic heterocycles.